The molecule has 0 bridgehead atoms. The van der Waals surface area contributed by atoms with Crippen molar-refractivity contribution in [1.82, 2.24) is 4.98 Å². The predicted octanol–water partition coefficient (Wildman–Crippen LogP) is 5.27. The van der Waals surface area contributed by atoms with E-state index < -0.39 is 6.09 Å². The SMILES string of the molecule is O=C(O)Nc1nc2ccc(OCc3c(Cl)cccc3Cl)cc2s1. The molecular weight excluding hydrogens is 359 g/mol. The molecule has 5 nitrogen and oxygen atoms in total. The summed E-state index contributed by atoms with van der Waals surface area (Å²) in [6.45, 7) is 0.239. The largest absolute Gasteiger partial charge is 0.489 e. The molecule has 0 aliphatic carbocycles. The highest BCUT2D eigenvalue weighted by atomic mass is 35.5. The van der Waals surface area contributed by atoms with Crippen molar-refractivity contribution >= 4 is 56.0 Å². The standard InChI is InChI=1S/C15H10Cl2N2O3S/c16-10-2-1-3-11(17)9(10)7-22-8-4-5-12-13(6-8)23-14(18-12)19-15(20)21/h1-6H,7H2,(H,18,19)(H,20,21). The lowest BCUT2D eigenvalue weighted by Crippen LogP contribution is -2.06. The number of hydrogen-bond acceptors (Lipinski definition) is 4. The van der Waals surface area contributed by atoms with Crippen molar-refractivity contribution in [3.8, 4) is 5.75 Å². The number of aromatic nitrogens is 1. The third-order valence-electron chi connectivity index (χ3n) is 3.02. The molecule has 0 fully saturated rings. The molecule has 23 heavy (non-hydrogen) atoms. The van der Waals surface area contributed by atoms with Gasteiger partial charge in [0.2, 0.25) is 0 Å². The van der Waals surface area contributed by atoms with Gasteiger partial charge in [0.15, 0.2) is 5.13 Å². The molecule has 1 amide bonds. The van der Waals surface area contributed by atoms with Gasteiger partial charge in [-0.2, -0.15) is 0 Å². The number of halogens is 2. The lowest BCUT2D eigenvalue weighted by molar-refractivity contribution is 0.209. The number of ether oxygens (including phenoxy) is 1. The third kappa shape index (κ3) is 3.67. The fourth-order valence-corrected chi connectivity index (χ4v) is 3.36. The van der Waals surface area contributed by atoms with Crippen molar-refractivity contribution in [2.75, 3.05) is 5.32 Å². The highest BCUT2D eigenvalue weighted by molar-refractivity contribution is 7.22. The summed E-state index contributed by atoms with van der Waals surface area (Å²) in [5.74, 6) is 0.624. The average Bonchev–Trinajstić information content (AvgIpc) is 2.87. The van der Waals surface area contributed by atoms with Crippen LogP contribution < -0.4 is 10.1 Å². The Morgan fingerprint density at radius 2 is 2.00 bits per heavy atom. The first-order valence-corrected chi connectivity index (χ1v) is 8.06. The Labute approximate surface area is 145 Å². The van der Waals surface area contributed by atoms with Gasteiger partial charge in [-0.1, -0.05) is 40.6 Å². The molecular formula is C15H10Cl2N2O3S. The molecule has 0 radical (unpaired) electrons. The van der Waals surface area contributed by atoms with Crippen LogP contribution >= 0.6 is 34.5 Å². The maximum absolute atomic E-state index is 10.6. The van der Waals surface area contributed by atoms with Crippen LogP contribution in [0.4, 0.5) is 9.93 Å². The second-order valence-electron chi connectivity index (χ2n) is 4.57. The van der Waals surface area contributed by atoms with Gasteiger partial charge < -0.3 is 9.84 Å². The fraction of sp³-hybridized carbons (Fsp3) is 0.0667. The van der Waals surface area contributed by atoms with E-state index in [9.17, 15) is 4.79 Å². The Balaban J connectivity index is 1.79. The lowest BCUT2D eigenvalue weighted by atomic mass is 10.2. The minimum Gasteiger partial charge on any atom is -0.489 e. The summed E-state index contributed by atoms with van der Waals surface area (Å²) in [7, 11) is 0. The number of benzene rings is 2. The van der Waals surface area contributed by atoms with Gasteiger partial charge in [0, 0.05) is 15.6 Å². The van der Waals surface area contributed by atoms with E-state index in [-0.39, 0.29) is 6.61 Å². The van der Waals surface area contributed by atoms with Crippen LogP contribution in [0.25, 0.3) is 10.2 Å². The van der Waals surface area contributed by atoms with Crippen molar-refractivity contribution in [3.05, 3.63) is 52.0 Å². The van der Waals surface area contributed by atoms with Gasteiger partial charge in [-0.05, 0) is 30.3 Å². The molecule has 2 N–H and O–H groups in total. The third-order valence-corrected chi connectivity index (χ3v) is 4.66. The summed E-state index contributed by atoms with van der Waals surface area (Å²) >= 11 is 13.4. The van der Waals surface area contributed by atoms with Crippen molar-refractivity contribution in [3.63, 3.8) is 0 Å². The second kappa shape index (κ2) is 6.62. The Morgan fingerprint density at radius 1 is 1.26 bits per heavy atom. The van der Waals surface area contributed by atoms with Crippen LogP contribution in [0.15, 0.2) is 36.4 Å². The zero-order valence-corrected chi connectivity index (χ0v) is 13.9. The molecule has 118 valence electrons. The van der Waals surface area contributed by atoms with Crippen LogP contribution in [-0.2, 0) is 6.61 Å². The number of thiazole rings is 1. The summed E-state index contributed by atoms with van der Waals surface area (Å²) < 4.78 is 6.54. The fourth-order valence-electron chi connectivity index (χ4n) is 1.97. The van der Waals surface area contributed by atoms with E-state index in [1.165, 1.54) is 11.3 Å². The summed E-state index contributed by atoms with van der Waals surface area (Å²) in [6, 6.07) is 10.6. The van der Waals surface area contributed by atoms with Crippen molar-refractivity contribution in [2.45, 2.75) is 6.61 Å². The average molecular weight is 369 g/mol. The first-order valence-electron chi connectivity index (χ1n) is 6.49. The van der Waals surface area contributed by atoms with Gasteiger partial charge in [0.1, 0.15) is 12.4 Å². The minimum absolute atomic E-state index is 0.239. The van der Waals surface area contributed by atoms with E-state index in [1.807, 2.05) is 0 Å². The quantitative estimate of drug-likeness (QED) is 0.657. The number of fused-ring (bicyclic) bond motifs is 1. The lowest BCUT2D eigenvalue weighted by Gasteiger charge is -2.09. The molecule has 1 heterocycles. The maximum Gasteiger partial charge on any atom is 0.410 e. The topological polar surface area (TPSA) is 71.5 Å². The highest BCUT2D eigenvalue weighted by Crippen LogP contribution is 2.30. The highest BCUT2D eigenvalue weighted by Gasteiger charge is 2.09. The minimum atomic E-state index is -1.14. The number of carbonyl (C=O) groups is 1. The summed E-state index contributed by atoms with van der Waals surface area (Å²) in [6.07, 6.45) is -1.14. The molecule has 1 aromatic heterocycles. The Kier molecular flexibility index (Phi) is 4.56. The van der Waals surface area contributed by atoms with Crippen LogP contribution in [-0.4, -0.2) is 16.2 Å². The summed E-state index contributed by atoms with van der Waals surface area (Å²) in [5, 5.41) is 12.4. The van der Waals surface area contributed by atoms with Crippen molar-refractivity contribution in [1.29, 1.82) is 0 Å². The number of rotatable bonds is 4. The summed E-state index contributed by atoms with van der Waals surface area (Å²) in [4.78, 5) is 14.8. The molecule has 0 saturated heterocycles. The molecule has 0 saturated carbocycles. The van der Waals surface area contributed by atoms with Crippen LogP contribution in [0, 0.1) is 0 Å². The van der Waals surface area contributed by atoms with Gasteiger partial charge in [0.05, 0.1) is 10.2 Å². The van der Waals surface area contributed by atoms with Crippen molar-refractivity contribution < 1.29 is 14.6 Å². The van der Waals surface area contributed by atoms with Crippen LogP contribution in [0.1, 0.15) is 5.56 Å². The number of nitrogens with one attached hydrogen (secondary N) is 1. The number of anilines is 1. The zero-order valence-electron chi connectivity index (χ0n) is 11.5. The summed E-state index contributed by atoms with van der Waals surface area (Å²) in [5.41, 5.74) is 1.41. The van der Waals surface area contributed by atoms with E-state index in [2.05, 4.69) is 10.3 Å². The Hall–Kier alpha value is -2.02. The van der Waals surface area contributed by atoms with E-state index in [0.717, 1.165) is 4.70 Å². The van der Waals surface area contributed by atoms with E-state index in [1.54, 1.807) is 36.4 Å². The first-order chi connectivity index (χ1) is 11.0. The second-order valence-corrected chi connectivity index (χ2v) is 6.41. The molecule has 3 rings (SSSR count). The molecule has 2 aromatic carbocycles. The monoisotopic (exact) mass is 368 g/mol. The molecule has 8 heteroatoms. The van der Waals surface area contributed by atoms with Gasteiger partial charge in [-0.15, -0.1) is 0 Å². The van der Waals surface area contributed by atoms with Gasteiger partial charge >= 0.3 is 6.09 Å². The van der Waals surface area contributed by atoms with Crippen LogP contribution in [0.5, 0.6) is 5.75 Å². The number of amides is 1. The molecule has 0 atom stereocenters. The van der Waals surface area contributed by atoms with Crippen LogP contribution in [0.3, 0.4) is 0 Å². The molecule has 0 unspecified atom stereocenters. The molecule has 0 spiro atoms. The van der Waals surface area contributed by atoms with Gasteiger partial charge in [-0.3, -0.25) is 5.32 Å². The first kappa shape index (κ1) is 15.9. The van der Waals surface area contributed by atoms with E-state index >= 15 is 0 Å². The number of carboxylic acid groups (broad SMARTS) is 1. The molecule has 0 aliphatic rings. The van der Waals surface area contributed by atoms with Crippen molar-refractivity contribution in [2.24, 2.45) is 0 Å². The Morgan fingerprint density at radius 3 is 2.70 bits per heavy atom. The van der Waals surface area contributed by atoms with E-state index in [0.29, 0.717) is 32.0 Å². The number of nitrogens with zero attached hydrogens (tertiary/aromatic N) is 1. The zero-order chi connectivity index (χ0) is 16.4. The predicted molar refractivity (Wildman–Crippen MR) is 92.1 cm³/mol. The normalized spacial score (nSPS) is 10.7. The maximum atomic E-state index is 10.6. The molecule has 0 aliphatic heterocycles. The number of hydrogen-bond donors (Lipinski definition) is 2. The van der Waals surface area contributed by atoms with E-state index in [4.69, 9.17) is 33.0 Å². The van der Waals surface area contributed by atoms with Gasteiger partial charge in [0.25, 0.3) is 0 Å². The Bertz CT molecular complexity index is 862. The molecule has 3 aromatic rings. The van der Waals surface area contributed by atoms with Crippen LogP contribution in [0.2, 0.25) is 10.0 Å². The smallest absolute Gasteiger partial charge is 0.410 e. The van der Waals surface area contributed by atoms with Gasteiger partial charge in [-0.25, -0.2) is 9.78 Å².